The van der Waals surface area contributed by atoms with Crippen molar-refractivity contribution in [2.45, 2.75) is 13.3 Å². The average molecular weight is 357 g/mol. The van der Waals surface area contributed by atoms with Crippen LogP contribution in [0.3, 0.4) is 0 Å². The Kier molecular flexibility index (Phi) is 6.31. The smallest absolute Gasteiger partial charge is 0.137 e. The molecule has 4 rings (SSSR count). The quantitative estimate of drug-likeness (QED) is 0.877. The number of aromatic amines is 1. The molecule has 2 aliphatic rings. The number of hydrogen-bond acceptors (Lipinski definition) is 3. The van der Waals surface area contributed by atoms with Crippen molar-refractivity contribution in [2.75, 3.05) is 32.7 Å². The Balaban J connectivity index is 0.000000170. The maximum Gasteiger partial charge on any atom is 0.137 e. The number of nitrogens with one attached hydrogen (secondary N) is 1. The van der Waals surface area contributed by atoms with Gasteiger partial charge in [0, 0.05) is 54.7 Å². The number of H-pyrrole nitrogens is 1. The van der Waals surface area contributed by atoms with Crippen molar-refractivity contribution in [2.24, 2.45) is 0 Å². The van der Waals surface area contributed by atoms with Crippen LogP contribution in [0.5, 0.6) is 0 Å². The molecule has 0 spiro atoms. The molecule has 1 N–H and O–H groups in total. The first-order chi connectivity index (χ1) is 12.3. The Hall–Kier alpha value is -2.04. The standard InChI is InChI=1S/C13H19ClN2.C7H6N2/c1-2-15-8-10-16(11-9-15)13-5-3-4-12(14)6-7-13;1-2-6-3-5-9-7(6)8-4-1/h4-7H,2-3,8-11H2,1H3;1-5H,(H,8,9). The van der Waals surface area contributed by atoms with Crippen molar-refractivity contribution in [1.82, 2.24) is 19.8 Å². The van der Waals surface area contributed by atoms with E-state index in [0.29, 0.717) is 0 Å². The van der Waals surface area contributed by atoms with Gasteiger partial charge in [0.25, 0.3) is 0 Å². The third-order valence-corrected chi connectivity index (χ3v) is 4.84. The monoisotopic (exact) mass is 356 g/mol. The summed E-state index contributed by atoms with van der Waals surface area (Å²) in [5.74, 6) is 0. The Morgan fingerprint density at radius 1 is 1.12 bits per heavy atom. The predicted molar refractivity (Wildman–Crippen MR) is 106 cm³/mol. The fourth-order valence-corrected chi connectivity index (χ4v) is 3.19. The van der Waals surface area contributed by atoms with Crippen LogP contribution in [0.4, 0.5) is 0 Å². The van der Waals surface area contributed by atoms with Crippen LogP contribution in [0.2, 0.25) is 0 Å². The van der Waals surface area contributed by atoms with Gasteiger partial charge in [0.05, 0.1) is 0 Å². The highest BCUT2D eigenvalue weighted by molar-refractivity contribution is 6.31. The van der Waals surface area contributed by atoms with Crippen LogP contribution < -0.4 is 0 Å². The van der Waals surface area contributed by atoms with Gasteiger partial charge < -0.3 is 14.8 Å². The van der Waals surface area contributed by atoms with E-state index >= 15 is 0 Å². The topological polar surface area (TPSA) is 35.2 Å². The van der Waals surface area contributed by atoms with Gasteiger partial charge in [-0.1, -0.05) is 30.7 Å². The van der Waals surface area contributed by atoms with Gasteiger partial charge in [0.2, 0.25) is 0 Å². The number of pyridine rings is 1. The zero-order valence-electron chi connectivity index (χ0n) is 14.7. The van der Waals surface area contributed by atoms with Crippen molar-refractivity contribution in [3.05, 3.63) is 65.6 Å². The molecule has 0 radical (unpaired) electrons. The van der Waals surface area contributed by atoms with Gasteiger partial charge in [0.15, 0.2) is 0 Å². The molecule has 3 heterocycles. The van der Waals surface area contributed by atoms with Gasteiger partial charge in [0.1, 0.15) is 5.65 Å². The second-order valence-electron chi connectivity index (χ2n) is 6.13. The molecule has 0 bridgehead atoms. The molecule has 0 atom stereocenters. The number of allylic oxidation sites excluding steroid dienone is 5. The molecule has 1 fully saturated rings. The highest BCUT2D eigenvalue weighted by Gasteiger charge is 2.16. The highest BCUT2D eigenvalue weighted by Crippen LogP contribution is 2.17. The van der Waals surface area contributed by atoms with Crippen LogP contribution in [0.1, 0.15) is 13.3 Å². The number of fused-ring (bicyclic) bond motifs is 1. The van der Waals surface area contributed by atoms with Crippen LogP contribution in [0, 0.1) is 0 Å². The summed E-state index contributed by atoms with van der Waals surface area (Å²) in [6.45, 7) is 7.98. The van der Waals surface area contributed by atoms with E-state index in [1.807, 2.05) is 36.5 Å². The minimum absolute atomic E-state index is 0.846. The van der Waals surface area contributed by atoms with Crippen molar-refractivity contribution in [1.29, 1.82) is 0 Å². The van der Waals surface area contributed by atoms with Crippen molar-refractivity contribution >= 4 is 22.6 Å². The van der Waals surface area contributed by atoms with Gasteiger partial charge in [-0.2, -0.15) is 0 Å². The molecule has 4 nitrogen and oxygen atoms in total. The summed E-state index contributed by atoms with van der Waals surface area (Å²) in [7, 11) is 0. The fourth-order valence-electron chi connectivity index (χ4n) is 3.03. The zero-order chi connectivity index (χ0) is 17.5. The van der Waals surface area contributed by atoms with E-state index in [4.69, 9.17) is 11.6 Å². The normalized spacial score (nSPS) is 18.2. The SMILES string of the molecule is CCN1CCN(C2=CCC=C(Cl)C=C2)CC1.c1cnc2[nH]ccc2c1. The van der Waals surface area contributed by atoms with E-state index in [-0.39, 0.29) is 0 Å². The molecule has 0 aromatic carbocycles. The minimum atomic E-state index is 0.846. The summed E-state index contributed by atoms with van der Waals surface area (Å²) in [5.41, 5.74) is 2.28. The number of aromatic nitrogens is 2. The maximum atomic E-state index is 5.99. The fraction of sp³-hybridized carbons (Fsp3) is 0.350. The molecular formula is C20H25ClN4. The van der Waals surface area contributed by atoms with Gasteiger partial charge in [-0.05, 0) is 43.3 Å². The summed E-state index contributed by atoms with van der Waals surface area (Å²) in [5, 5.41) is 2.01. The Labute approximate surface area is 154 Å². The molecule has 1 aliphatic carbocycles. The number of piperazine rings is 1. The van der Waals surface area contributed by atoms with E-state index in [2.05, 4.69) is 38.8 Å². The number of hydrogen-bond donors (Lipinski definition) is 1. The van der Waals surface area contributed by atoms with E-state index < -0.39 is 0 Å². The van der Waals surface area contributed by atoms with Gasteiger partial charge >= 0.3 is 0 Å². The number of halogens is 1. The molecule has 132 valence electrons. The first kappa shape index (κ1) is 17.8. The molecule has 25 heavy (non-hydrogen) atoms. The summed E-state index contributed by atoms with van der Waals surface area (Å²) < 4.78 is 0. The summed E-state index contributed by atoms with van der Waals surface area (Å²) in [4.78, 5) is 12.0. The van der Waals surface area contributed by atoms with Crippen LogP contribution in [0.15, 0.2) is 65.6 Å². The van der Waals surface area contributed by atoms with Crippen LogP contribution in [0.25, 0.3) is 11.0 Å². The van der Waals surface area contributed by atoms with Crippen molar-refractivity contribution < 1.29 is 0 Å². The molecule has 5 heteroatoms. The van der Waals surface area contributed by atoms with Crippen molar-refractivity contribution in [3.8, 4) is 0 Å². The Morgan fingerprint density at radius 2 is 1.96 bits per heavy atom. The van der Waals surface area contributed by atoms with E-state index in [0.717, 1.165) is 42.1 Å². The Morgan fingerprint density at radius 3 is 2.72 bits per heavy atom. The predicted octanol–water partition coefficient (Wildman–Crippen LogP) is 4.15. The lowest BCUT2D eigenvalue weighted by Gasteiger charge is -2.36. The van der Waals surface area contributed by atoms with Gasteiger partial charge in [-0.15, -0.1) is 0 Å². The highest BCUT2D eigenvalue weighted by atomic mass is 35.5. The van der Waals surface area contributed by atoms with E-state index in [1.54, 1.807) is 6.20 Å². The molecule has 0 amide bonds. The summed E-state index contributed by atoms with van der Waals surface area (Å²) in [6, 6.07) is 5.96. The third-order valence-electron chi connectivity index (χ3n) is 4.56. The van der Waals surface area contributed by atoms with Gasteiger partial charge in [-0.25, -0.2) is 4.98 Å². The lowest BCUT2D eigenvalue weighted by molar-refractivity contribution is 0.168. The summed E-state index contributed by atoms with van der Waals surface area (Å²) in [6.07, 6.45) is 13.0. The molecular weight excluding hydrogens is 332 g/mol. The molecule has 2 aromatic rings. The molecule has 1 saturated heterocycles. The van der Waals surface area contributed by atoms with E-state index in [1.165, 1.54) is 18.8 Å². The minimum Gasteiger partial charge on any atom is -0.369 e. The molecule has 1 aliphatic heterocycles. The molecule has 2 aromatic heterocycles. The average Bonchev–Trinajstić information content (AvgIpc) is 3.03. The van der Waals surface area contributed by atoms with Crippen LogP contribution in [-0.4, -0.2) is 52.5 Å². The van der Waals surface area contributed by atoms with Crippen LogP contribution in [-0.2, 0) is 0 Å². The third kappa shape index (κ3) is 4.97. The van der Waals surface area contributed by atoms with Crippen LogP contribution >= 0.6 is 11.6 Å². The van der Waals surface area contributed by atoms with Gasteiger partial charge in [-0.3, -0.25) is 0 Å². The molecule has 0 saturated carbocycles. The molecule has 0 unspecified atom stereocenters. The number of rotatable bonds is 2. The lowest BCUT2D eigenvalue weighted by atomic mass is 10.2. The van der Waals surface area contributed by atoms with Crippen molar-refractivity contribution in [3.63, 3.8) is 0 Å². The second-order valence-corrected chi connectivity index (χ2v) is 6.56. The summed E-state index contributed by atoms with van der Waals surface area (Å²) >= 11 is 5.99. The second kappa shape index (κ2) is 8.88. The Bertz CT molecular complexity index is 737. The first-order valence-electron chi connectivity index (χ1n) is 8.85. The zero-order valence-corrected chi connectivity index (χ0v) is 15.4. The first-order valence-corrected chi connectivity index (χ1v) is 9.23. The van der Waals surface area contributed by atoms with E-state index in [9.17, 15) is 0 Å². The largest absolute Gasteiger partial charge is 0.369 e. The lowest BCUT2D eigenvalue weighted by Crippen LogP contribution is -2.45. The number of likely N-dealkylation sites (N-methyl/N-ethyl adjacent to an activating group) is 1. The maximum absolute atomic E-state index is 5.99. The number of nitrogens with zero attached hydrogens (tertiary/aromatic N) is 3.